The second-order valence-corrected chi connectivity index (χ2v) is 5.85. The number of carbonyl (C=O) groups is 1. The Balaban J connectivity index is 1.88. The lowest BCUT2D eigenvalue weighted by atomic mass is 10.1. The monoisotopic (exact) mass is 339 g/mol. The van der Waals surface area contributed by atoms with E-state index in [1.54, 1.807) is 17.9 Å². The van der Waals surface area contributed by atoms with Crippen molar-refractivity contribution in [2.75, 3.05) is 6.54 Å². The number of nitrogens with zero attached hydrogens (tertiary/aromatic N) is 3. The van der Waals surface area contributed by atoms with E-state index < -0.39 is 11.9 Å². The van der Waals surface area contributed by atoms with Gasteiger partial charge >= 0.3 is 6.18 Å². The first-order chi connectivity index (χ1) is 11.3. The van der Waals surface area contributed by atoms with Gasteiger partial charge in [-0.05, 0) is 38.8 Å². The van der Waals surface area contributed by atoms with E-state index in [0.717, 1.165) is 18.9 Å². The quantitative estimate of drug-likeness (QED) is 0.837. The third kappa shape index (κ3) is 3.00. The van der Waals surface area contributed by atoms with Crippen molar-refractivity contribution in [1.29, 1.82) is 0 Å². The molecule has 8 heteroatoms. The van der Waals surface area contributed by atoms with Gasteiger partial charge in [0.2, 0.25) is 0 Å². The Hall–Kier alpha value is -2.38. The Labute approximate surface area is 136 Å². The molecule has 0 spiro atoms. The van der Waals surface area contributed by atoms with Crippen LogP contribution in [-0.2, 0) is 6.18 Å². The van der Waals surface area contributed by atoms with Gasteiger partial charge in [-0.1, -0.05) is 5.16 Å². The zero-order valence-electron chi connectivity index (χ0n) is 13.2. The molecule has 0 aliphatic carbocycles. The first-order valence-corrected chi connectivity index (χ1v) is 7.56. The van der Waals surface area contributed by atoms with E-state index >= 15 is 0 Å². The maximum absolute atomic E-state index is 12.8. The fraction of sp³-hybridized carbons (Fsp3) is 0.438. The predicted octanol–water partition coefficient (Wildman–Crippen LogP) is 3.68. The molecule has 2 aromatic heterocycles. The van der Waals surface area contributed by atoms with Crippen molar-refractivity contribution >= 4 is 5.91 Å². The highest BCUT2D eigenvalue weighted by atomic mass is 19.4. The van der Waals surface area contributed by atoms with Crippen LogP contribution in [0.1, 0.15) is 52.1 Å². The summed E-state index contributed by atoms with van der Waals surface area (Å²) in [6.45, 7) is 3.70. The van der Waals surface area contributed by atoms with Gasteiger partial charge in [-0.15, -0.1) is 0 Å². The van der Waals surface area contributed by atoms with Crippen molar-refractivity contribution in [2.24, 2.45) is 0 Å². The molecule has 128 valence electrons. The Morgan fingerprint density at radius 2 is 2.08 bits per heavy atom. The van der Waals surface area contributed by atoms with Crippen LogP contribution in [0.15, 0.2) is 22.7 Å². The molecule has 2 aromatic rings. The van der Waals surface area contributed by atoms with E-state index in [1.807, 2.05) is 0 Å². The van der Waals surface area contributed by atoms with E-state index in [9.17, 15) is 18.0 Å². The van der Waals surface area contributed by atoms with Crippen molar-refractivity contribution < 1.29 is 22.5 Å². The molecule has 24 heavy (non-hydrogen) atoms. The number of likely N-dealkylation sites (tertiary alicyclic amines) is 1. The Kier molecular flexibility index (Phi) is 4.06. The highest BCUT2D eigenvalue weighted by molar-refractivity contribution is 5.95. The number of carbonyl (C=O) groups excluding carboxylic acids is 1. The summed E-state index contributed by atoms with van der Waals surface area (Å²) in [5, 5.41) is 3.96. The predicted molar refractivity (Wildman–Crippen MR) is 78.2 cm³/mol. The van der Waals surface area contributed by atoms with E-state index in [2.05, 4.69) is 10.1 Å². The number of rotatable bonds is 2. The van der Waals surface area contributed by atoms with Gasteiger partial charge in [0.05, 0.1) is 17.3 Å². The second-order valence-electron chi connectivity index (χ2n) is 5.85. The molecule has 1 aliphatic heterocycles. The van der Waals surface area contributed by atoms with Crippen LogP contribution in [0.5, 0.6) is 0 Å². The van der Waals surface area contributed by atoms with Crippen molar-refractivity contribution in [1.82, 2.24) is 15.0 Å². The second kappa shape index (κ2) is 5.92. The fourth-order valence-electron chi connectivity index (χ4n) is 2.96. The zero-order chi connectivity index (χ0) is 17.5. The van der Waals surface area contributed by atoms with Crippen molar-refractivity contribution in [3.8, 4) is 0 Å². The normalized spacial score (nSPS) is 18.2. The molecule has 3 rings (SSSR count). The minimum atomic E-state index is -4.53. The number of amides is 1. The molecule has 3 heterocycles. The van der Waals surface area contributed by atoms with Crippen LogP contribution in [0.25, 0.3) is 0 Å². The van der Waals surface area contributed by atoms with Crippen LogP contribution in [0.4, 0.5) is 13.2 Å². The average molecular weight is 339 g/mol. The third-order valence-electron chi connectivity index (χ3n) is 4.11. The van der Waals surface area contributed by atoms with Gasteiger partial charge in [-0.2, -0.15) is 13.2 Å². The first kappa shape index (κ1) is 16.5. The lowest BCUT2D eigenvalue weighted by molar-refractivity contribution is -0.141. The van der Waals surface area contributed by atoms with Crippen LogP contribution in [0, 0.1) is 13.8 Å². The zero-order valence-corrected chi connectivity index (χ0v) is 13.2. The molecular formula is C16H16F3N3O2. The number of hydrogen-bond donors (Lipinski definition) is 0. The molecule has 0 aromatic carbocycles. The van der Waals surface area contributed by atoms with Gasteiger partial charge in [0, 0.05) is 12.6 Å². The summed E-state index contributed by atoms with van der Waals surface area (Å²) < 4.78 is 43.2. The van der Waals surface area contributed by atoms with Crippen LogP contribution in [-0.4, -0.2) is 27.5 Å². The summed E-state index contributed by atoms with van der Waals surface area (Å²) in [5.41, 5.74) is -0.0931. The standard InChI is InChI=1S/C16H16F3N3O2/c1-9-8-12(21-24-9)13-4-3-7-22(13)15(23)11-5-6-14(16(17,18)19)20-10(11)2/h5-6,8,13H,3-4,7H2,1-2H3/t13-/m0/s1. The van der Waals surface area contributed by atoms with Crippen molar-refractivity contribution in [3.63, 3.8) is 0 Å². The Morgan fingerprint density at radius 3 is 2.67 bits per heavy atom. The molecule has 0 saturated carbocycles. The molecule has 1 amide bonds. The molecule has 1 aliphatic rings. The highest BCUT2D eigenvalue weighted by Gasteiger charge is 2.36. The smallest absolute Gasteiger partial charge is 0.361 e. The number of aryl methyl sites for hydroxylation is 2. The van der Waals surface area contributed by atoms with Crippen molar-refractivity contribution in [3.05, 3.63) is 46.6 Å². The number of hydrogen-bond acceptors (Lipinski definition) is 4. The summed E-state index contributed by atoms with van der Waals surface area (Å²) in [7, 11) is 0. The van der Waals surface area contributed by atoms with Gasteiger partial charge < -0.3 is 9.42 Å². The van der Waals surface area contributed by atoms with E-state index in [0.29, 0.717) is 18.0 Å². The maximum Gasteiger partial charge on any atom is 0.433 e. The molecular weight excluding hydrogens is 323 g/mol. The van der Waals surface area contributed by atoms with Crippen LogP contribution < -0.4 is 0 Å². The van der Waals surface area contributed by atoms with E-state index in [-0.39, 0.29) is 23.2 Å². The maximum atomic E-state index is 12.8. The molecule has 1 fully saturated rings. The molecule has 0 unspecified atom stereocenters. The average Bonchev–Trinajstić information content (AvgIpc) is 3.13. The number of pyridine rings is 1. The summed E-state index contributed by atoms with van der Waals surface area (Å²) >= 11 is 0. The van der Waals surface area contributed by atoms with Crippen molar-refractivity contribution in [2.45, 2.75) is 38.9 Å². The minimum absolute atomic E-state index is 0.0665. The summed E-state index contributed by atoms with van der Waals surface area (Å²) in [6.07, 6.45) is -2.99. The number of alkyl halides is 3. The lowest BCUT2D eigenvalue weighted by Crippen LogP contribution is -2.31. The third-order valence-corrected chi connectivity index (χ3v) is 4.11. The van der Waals surface area contributed by atoms with E-state index in [1.165, 1.54) is 13.0 Å². The SMILES string of the molecule is Cc1cc([C@@H]2CCCN2C(=O)c2ccc(C(F)(F)F)nc2C)no1. The van der Waals surface area contributed by atoms with Gasteiger partial charge in [-0.3, -0.25) is 4.79 Å². The molecule has 1 atom stereocenters. The molecule has 0 N–H and O–H groups in total. The first-order valence-electron chi connectivity index (χ1n) is 7.56. The molecule has 0 radical (unpaired) electrons. The van der Waals surface area contributed by atoms with Crippen LogP contribution in [0.3, 0.4) is 0 Å². The fourth-order valence-corrected chi connectivity index (χ4v) is 2.96. The van der Waals surface area contributed by atoms with Gasteiger partial charge in [0.25, 0.3) is 5.91 Å². The van der Waals surface area contributed by atoms with E-state index in [4.69, 9.17) is 4.52 Å². The van der Waals surface area contributed by atoms with Gasteiger partial charge in [0.1, 0.15) is 17.1 Å². The topological polar surface area (TPSA) is 59.2 Å². The molecule has 1 saturated heterocycles. The summed E-state index contributed by atoms with van der Waals surface area (Å²) in [4.78, 5) is 17.9. The highest BCUT2D eigenvalue weighted by Crippen LogP contribution is 2.34. The van der Waals surface area contributed by atoms with Gasteiger partial charge in [-0.25, -0.2) is 4.98 Å². The largest absolute Gasteiger partial charge is 0.433 e. The number of halogens is 3. The minimum Gasteiger partial charge on any atom is -0.361 e. The van der Waals surface area contributed by atoms with Crippen LogP contribution in [0.2, 0.25) is 0 Å². The molecule has 5 nitrogen and oxygen atoms in total. The van der Waals surface area contributed by atoms with Gasteiger partial charge in [0.15, 0.2) is 0 Å². The molecule has 0 bridgehead atoms. The lowest BCUT2D eigenvalue weighted by Gasteiger charge is -2.23. The summed E-state index contributed by atoms with van der Waals surface area (Å²) in [5.74, 6) is 0.313. The number of aromatic nitrogens is 2. The summed E-state index contributed by atoms with van der Waals surface area (Å²) in [6, 6.07) is 3.58. The van der Waals surface area contributed by atoms with Crippen LogP contribution >= 0.6 is 0 Å². The Morgan fingerprint density at radius 1 is 1.33 bits per heavy atom. The Bertz CT molecular complexity index is 770.